The largest absolute Gasteiger partial charge is 0.310 e. The van der Waals surface area contributed by atoms with E-state index in [0.29, 0.717) is 6.04 Å². The van der Waals surface area contributed by atoms with Gasteiger partial charge in [0, 0.05) is 32.4 Å². The average molecular weight is 324 g/mol. The van der Waals surface area contributed by atoms with Gasteiger partial charge in [0.15, 0.2) is 0 Å². The molecule has 0 aromatic heterocycles. The van der Waals surface area contributed by atoms with Gasteiger partial charge >= 0.3 is 0 Å². The van der Waals surface area contributed by atoms with E-state index in [-0.39, 0.29) is 0 Å². The van der Waals surface area contributed by atoms with Gasteiger partial charge in [-0.3, -0.25) is 0 Å². The van der Waals surface area contributed by atoms with Crippen LogP contribution in [0.15, 0.2) is 52.3 Å². The quantitative estimate of drug-likeness (QED) is 0.790. The zero-order valence-corrected chi connectivity index (χ0v) is 13.2. The molecule has 2 aromatic rings. The summed E-state index contributed by atoms with van der Waals surface area (Å²) in [4.78, 5) is 2.25. The van der Waals surface area contributed by atoms with Crippen LogP contribution in [0, 0.1) is 0 Å². The van der Waals surface area contributed by atoms with E-state index >= 15 is 0 Å². The highest BCUT2D eigenvalue weighted by molar-refractivity contribution is 7.99. The first-order valence-corrected chi connectivity index (χ1v) is 8.23. The molecule has 0 aliphatic heterocycles. The summed E-state index contributed by atoms with van der Waals surface area (Å²) in [5, 5.41) is 5.06. The molecule has 1 nitrogen and oxygen atoms in total. The SMILES string of the molecule is Clc1cccc(Sc2ccc(CNC3CC3)c(Cl)c2)c1. The summed E-state index contributed by atoms with van der Waals surface area (Å²) in [5.74, 6) is 0. The first-order chi connectivity index (χ1) is 9.70. The van der Waals surface area contributed by atoms with Crippen molar-refractivity contribution in [3.8, 4) is 0 Å². The van der Waals surface area contributed by atoms with Crippen LogP contribution >= 0.6 is 35.0 Å². The fourth-order valence-corrected chi connectivity index (χ4v) is 3.43. The second-order valence-corrected chi connectivity index (χ2v) is 6.96. The minimum absolute atomic E-state index is 0.701. The van der Waals surface area contributed by atoms with Gasteiger partial charge in [-0.15, -0.1) is 0 Å². The van der Waals surface area contributed by atoms with Gasteiger partial charge in [-0.25, -0.2) is 0 Å². The third-order valence-electron chi connectivity index (χ3n) is 3.21. The van der Waals surface area contributed by atoms with Crippen molar-refractivity contribution < 1.29 is 0 Å². The van der Waals surface area contributed by atoms with Gasteiger partial charge < -0.3 is 5.32 Å². The Labute approximate surface area is 133 Å². The minimum atomic E-state index is 0.701. The number of hydrogen-bond acceptors (Lipinski definition) is 2. The Kier molecular flexibility index (Phi) is 4.57. The van der Waals surface area contributed by atoms with Gasteiger partial charge in [-0.05, 0) is 48.7 Å². The maximum atomic E-state index is 6.35. The fourth-order valence-electron chi connectivity index (χ4n) is 1.94. The van der Waals surface area contributed by atoms with Crippen LogP contribution in [0.4, 0.5) is 0 Å². The van der Waals surface area contributed by atoms with Gasteiger partial charge in [0.25, 0.3) is 0 Å². The molecule has 0 heterocycles. The summed E-state index contributed by atoms with van der Waals surface area (Å²) < 4.78 is 0. The smallest absolute Gasteiger partial charge is 0.0462 e. The molecule has 1 fully saturated rings. The van der Waals surface area contributed by atoms with Crippen LogP contribution in [0.2, 0.25) is 10.0 Å². The highest BCUT2D eigenvalue weighted by Gasteiger charge is 2.20. The molecule has 0 unspecified atom stereocenters. The fraction of sp³-hybridized carbons (Fsp3) is 0.250. The molecule has 20 heavy (non-hydrogen) atoms. The van der Waals surface area contributed by atoms with Crippen LogP contribution in [0.25, 0.3) is 0 Å². The molecule has 0 atom stereocenters. The number of nitrogens with one attached hydrogen (secondary N) is 1. The summed E-state index contributed by atoms with van der Waals surface area (Å²) in [6, 6.07) is 14.8. The summed E-state index contributed by atoms with van der Waals surface area (Å²) >= 11 is 14.0. The molecule has 1 N–H and O–H groups in total. The Bertz CT molecular complexity index is 611. The molecule has 1 aliphatic rings. The molecular weight excluding hydrogens is 309 g/mol. The van der Waals surface area contributed by atoms with E-state index < -0.39 is 0 Å². The summed E-state index contributed by atoms with van der Waals surface area (Å²) in [6.07, 6.45) is 2.58. The van der Waals surface area contributed by atoms with Crippen molar-refractivity contribution in [2.75, 3.05) is 0 Å². The zero-order chi connectivity index (χ0) is 13.9. The Morgan fingerprint density at radius 2 is 1.85 bits per heavy atom. The third-order valence-corrected chi connectivity index (χ3v) is 4.78. The topological polar surface area (TPSA) is 12.0 Å². The molecule has 3 rings (SSSR count). The van der Waals surface area contributed by atoms with Crippen LogP contribution in [-0.2, 0) is 6.54 Å². The molecule has 2 aromatic carbocycles. The van der Waals surface area contributed by atoms with E-state index in [1.807, 2.05) is 30.3 Å². The number of halogens is 2. The van der Waals surface area contributed by atoms with E-state index in [1.54, 1.807) is 11.8 Å². The predicted molar refractivity (Wildman–Crippen MR) is 86.9 cm³/mol. The molecule has 0 spiro atoms. The summed E-state index contributed by atoms with van der Waals surface area (Å²) in [7, 11) is 0. The van der Waals surface area contributed by atoms with E-state index in [4.69, 9.17) is 23.2 Å². The van der Waals surface area contributed by atoms with Gasteiger partial charge in [-0.1, -0.05) is 47.1 Å². The maximum Gasteiger partial charge on any atom is 0.0462 e. The van der Waals surface area contributed by atoms with Crippen molar-refractivity contribution in [2.24, 2.45) is 0 Å². The second kappa shape index (κ2) is 6.40. The van der Waals surface area contributed by atoms with Gasteiger partial charge in [0.2, 0.25) is 0 Å². The van der Waals surface area contributed by atoms with Crippen LogP contribution in [0.5, 0.6) is 0 Å². The molecule has 0 radical (unpaired) electrons. The van der Waals surface area contributed by atoms with Crippen LogP contribution in [0.3, 0.4) is 0 Å². The first kappa shape index (κ1) is 14.3. The Hall–Kier alpha value is -0.670. The highest BCUT2D eigenvalue weighted by Crippen LogP contribution is 2.32. The maximum absolute atomic E-state index is 6.35. The van der Waals surface area contributed by atoms with Crippen molar-refractivity contribution in [1.29, 1.82) is 0 Å². The number of rotatable bonds is 5. The normalized spacial score (nSPS) is 14.5. The lowest BCUT2D eigenvalue weighted by atomic mass is 10.2. The van der Waals surface area contributed by atoms with E-state index in [0.717, 1.165) is 31.9 Å². The van der Waals surface area contributed by atoms with Crippen molar-refractivity contribution in [1.82, 2.24) is 5.32 Å². The lowest BCUT2D eigenvalue weighted by Crippen LogP contribution is -2.15. The Balaban J connectivity index is 1.69. The van der Waals surface area contributed by atoms with E-state index in [2.05, 4.69) is 17.4 Å². The summed E-state index contributed by atoms with van der Waals surface area (Å²) in [6.45, 7) is 0.853. The molecule has 0 saturated heterocycles. The third kappa shape index (κ3) is 3.92. The molecule has 4 heteroatoms. The van der Waals surface area contributed by atoms with Crippen LogP contribution < -0.4 is 5.32 Å². The first-order valence-electron chi connectivity index (χ1n) is 6.66. The molecule has 1 saturated carbocycles. The molecule has 0 amide bonds. The lowest BCUT2D eigenvalue weighted by molar-refractivity contribution is 0.687. The molecule has 104 valence electrons. The second-order valence-electron chi connectivity index (χ2n) is 4.97. The van der Waals surface area contributed by atoms with Crippen molar-refractivity contribution in [3.63, 3.8) is 0 Å². The average Bonchev–Trinajstić information content (AvgIpc) is 3.22. The highest BCUT2D eigenvalue weighted by atomic mass is 35.5. The van der Waals surface area contributed by atoms with Gasteiger partial charge in [-0.2, -0.15) is 0 Å². The van der Waals surface area contributed by atoms with Gasteiger partial charge in [0.1, 0.15) is 0 Å². The summed E-state index contributed by atoms with van der Waals surface area (Å²) in [5.41, 5.74) is 1.16. The monoisotopic (exact) mass is 323 g/mol. The van der Waals surface area contributed by atoms with Crippen LogP contribution in [-0.4, -0.2) is 6.04 Å². The predicted octanol–water partition coefficient (Wildman–Crippen LogP) is 5.40. The zero-order valence-electron chi connectivity index (χ0n) is 10.9. The van der Waals surface area contributed by atoms with Crippen molar-refractivity contribution in [3.05, 3.63) is 58.1 Å². The molecular formula is C16H15Cl2NS. The van der Waals surface area contributed by atoms with E-state index in [1.165, 1.54) is 12.8 Å². The minimum Gasteiger partial charge on any atom is -0.310 e. The van der Waals surface area contributed by atoms with Crippen molar-refractivity contribution >= 4 is 35.0 Å². The van der Waals surface area contributed by atoms with E-state index in [9.17, 15) is 0 Å². The standard InChI is InChI=1S/C16H15Cl2NS/c17-12-2-1-3-14(8-12)20-15-7-4-11(16(18)9-15)10-19-13-5-6-13/h1-4,7-9,13,19H,5-6,10H2. The Morgan fingerprint density at radius 1 is 1.05 bits per heavy atom. The van der Waals surface area contributed by atoms with Gasteiger partial charge in [0.05, 0.1) is 0 Å². The van der Waals surface area contributed by atoms with Crippen LogP contribution in [0.1, 0.15) is 18.4 Å². The number of benzene rings is 2. The molecule has 0 bridgehead atoms. The van der Waals surface area contributed by atoms with Crippen molar-refractivity contribution in [2.45, 2.75) is 35.2 Å². The number of hydrogen-bond donors (Lipinski definition) is 1. The lowest BCUT2D eigenvalue weighted by Gasteiger charge is -2.08. The Morgan fingerprint density at radius 3 is 2.55 bits per heavy atom. The molecule has 1 aliphatic carbocycles.